The molecule has 1 heterocycles. The first-order chi connectivity index (χ1) is 12.5. The number of benzene rings is 1. The van der Waals surface area contributed by atoms with Gasteiger partial charge < -0.3 is 20.0 Å². The fraction of sp³-hybridized carbons (Fsp3) is 0.579. The van der Waals surface area contributed by atoms with Crippen LogP contribution in [0, 0.1) is 11.8 Å². The van der Waals surface area contributed by atoms with Crippen molar-refractivity contribution in [2.24, 2.45) is 11.8 Å². The summed E-state index contributed by atoms with van der Waals surface area (Å²) in [6.07, 6.45) is 0.682. The maximum absolute atomic E-state index is 12.7. The molecule has 2 aliphatic rings. The average molecular weight is 379 g/mol. The molecule has 1 aliphatic heterocycles. The lowest BCUT2D eigenvalue weighted by molar-refractivity contribution is -0.135. The van der Waals surface area contributed by atoms with Crippen LogP contribution in [0.25, 0.3) is 0 Å². The zero-order valence-corrected chi connectivity index (χ0v) is 16.2. The SMILES string of the molecule is CN(C)CCNC(=O)C1CC1C(=O)N1CCN(c2cccc(Cl)c2)CC1. The normalized spacial score (nSPS) is 22.5. The number of amides is 2. The Balaban J connectivity index is 1.44. The number of hydrogen-bond acceptors (Lipinski definition) is 4. The zero-order chi connectivity index (χ0) is 18.7. The number of piperazine rings is 1. The molecule has 1 aliphatic carbocycles. The third kappa shape index (κ3) is 4.68. The van der Waals surface area contributed by atoms with E-state index in [2.05, 4.69) is 10.2 Å². The van der Waals surface area contributed by atoms with Gasteiger partial charge in [0, 0.05) is 50.0 Å². The molecule has 1 N–H and O–H groups in total. The standard InChI is InChI=1S/C19H27ClN4O2/c1-22(2)7-6-21-18(25)16-13-17(16)19(26)24-10-8-23(9-11-24)15-5-3-4-14(20)12-15/h3-5,12,16-17H,6-11,13H2,1-2H3,(H,21,25). The minimum absolute atomic E-state index is 0.0164. The van der Waals surface area contributed by atoms with Crippen molar-refractivity contribution < 1.29 is 9.59 Å². The van der Waals surface area contributed by atoms with Gasteiger partial charge in [0.1, 0.15) is 0 Å². The number of carbonyl (C=O) groups is 2. The number of likely N-dealkylation sites (N-methyl/N-ethyl adjacent to an activating group) is 1. The van der Waals surface area contributed by atoms with Crippen LogP contribution < -0.4 is 10.2 Å². The number of rotatable bonds is 6. The predicted molar refractivity (Wildman–Crippen MR) is 103 cm³/mol. The van der Waals surface area contributed by atoms with Crippen molar-refractivity contribution in [1.29, 1.82) is 0 Å². The third-order valence-corrected chi connectivity index (χ3v) is 5.30. The van der Waals surface area contributed by atoms with Gasteiger partial charge in [0.2, 0.25) is 11.8 Å². The Labute approximate surface area is 160 Å². The summed E-state index contributed by atoms with van der Waals surface area (Å²) >= 11 is 6.06. The largest absolute Gasteiger partial charge is 0.368 e. The lowest BCUT2D eigenvalue weighted by atomic mass is 10.2. The molecule has 1 saturated heterocycles. The summed E-state index contributed by atoms with van der Waals surface area (Å²) in [5, 5.41) is 3.65. The van der Waals surface area contributed by atoms with Gasteiger partial charge in [-0.2, -0.15) is 0 Å². The first kappa shape index (κ1) is 19.0. The number of carbonyl (C=O) groups excluding carboxylic acids is 2. The van der Waals surface area contributed by atoms with E-state index in [-0.39, 0.29) is 23.7 Å². The maximum Gasteiger partial charge on any atom is 0.226 e. The fourth-order valence-electron chi connectivity index (χ4n) is 3.38. The van der Waals surface area contributed by atoms with E-state index in [0.717, 1.165) is 30.3 Å². The summed E-state index contributed by atoms with van der Waals surface area (Å²) in [7, 11) is 3.94. The fourth-order valence-corrected chi connectivity index (χ4v) is 3.57. The Morgan fingerprint density at radius 2 is 1.92 bits per heavy atom. The van der Waals surface area contributed by atoms with Crippen LogP contribution in [0.2, 0.25) is 5.02 Å². The molecule has 3 rings (SSSR count). The molecule has 7 heteroatoms. The molecule has 2 fully saturated rings. The van der Waals surface area contributed by atoms with Crippen LogP contribution in [0.15, 0.2) is 24.3 Å². The number of anilines is 1. The number of halogens is 1. The van der Waals surface area contributed by atoms with E-state index in [1.165, 1.54) is 0 Å². The predicted octanol–water partition coefficient (Wildman–Crippen LogP) is 1.30. The molecule has 0 bridgehead atoms. The molecule has 1 aromatic carbocycles. The lowest BCUT2D eigenvalue weighted by Gasteiger charge is -2.36. The van der Waals surface area contributed by atoms with E-state index < -0.39 is 0 Å². The van der Waals surface area contributed by atoms with E-state index in [1.54, 1.807) is 0 Å². The Morgan fingerprint density at radius 1 is 1.19 bits per heavy atom. The Bertz CT molecular complexity index is 659. The van der Waals surface area contributed by atoms with E-state index in [9.17, 15) is 9.59 Å². The summed E-state index contributed by atoms with van der Waals surface area (Å²) in [6, 6.07) is 7.80. The topological polar surface area (TPSA) is 55.9 Å². The molecule has 1 aromatic rings. The van der Waals surface area contributed by atoms with Crippen molar-refractivity contribution in [2.45, 2.75) is 6.42 Å². The van der Waals surface area contributed by atoms with Crippen molar-refractivity contribution in [3.8, 4) is 0 Å². The smallest absolute Gasteiger partial charge is 0.226 e. The average Bonchev–Trinajstić information content (AvgIpc) is 3.42. The Morgan fingerprint density at radius 3 is 2.58 bits per heavy atom. The van der Waals surface area contributed by atoms with E-state index in [4.69, 9.17) is 11.6 Å². The monoisotopic (exact) mass is 378 g/mol. The molecule has 2 amide bonds. The van der Waals surface area contributed by atoms with Gasteiger partial charge in [-0.05, 0) is 38.7 Å². The molecule has 142 valence electrons. The summed E-state index contributed by atoms with van der Waals surface area (Å²) < 4.78 is 0. The van der Waals surface area contributed by atoms with E-state index in [0.29, 0.717) is 26.1 Å². The summed E-state index contributed by atoms with van der Waals surface area (Å²) in [4.78, 5) is 31.0. The van der Waals surface area contributed by atoms with Gasteiger partial charge in [-0.15, -0.1) is 0 Å². The number of nitrogens with one attached hydrogen (secondary N) is 1. The van der Waals surface area contributed by atoms with Crippen molar-refractivity contribution in [1.82, 2.24) is 15.1 Å². The Kier molecular flexibility index (Phi) is 6.04. The molecule has 26 heavy (non-hydrogen) atoms. The van der Waals surface area contributed by atoms with Crippen LogP contribution in [-0.2, 0) is 9.59 Å². The second-order valence-electron chi connectivity index (χ2n) is 7.34. The second kappa shape index (κ2) is 8.27. The highest BCUT2D eigenvalue weighted by Gasteiger charge is 2.49. The third-order valence-electron chi connectivity index (χ3n) is 5.07. The number of hydrogen-bond donors (Lipinski definition) is 1. The first-order valence-corrected chi connectivity index (χ1v) is 9.55. The van der Waals surface area contributed by atoms with Crippen LogP contribution in [0.5, 0.6) is 0 Å². The highest BCUT2D eigenvalue weighted by Crippen LogP contribution is 2.40. The lowest BCUT2D eigenvalue weighted by Crippen LogP contribution is -2.49. The minimum atomic E-state index is -0.143. The van der Waals surface area contributed by atoms with Crippen LogP contribution in [0.4, 0.5) is 5.69 Å². The summed E-state index contributed by atoms with van der Waals surface area (Å²) in [6.45, 7) is 4.40. The maximum atomic E-state index is 12.7. The molecule has 0 aromatic heterocycles. The van der Waals surface area contributed by atoms with Crippen LogP contribution >= 0.6 is 11.6 Å². The zero-order valence-electron chi connectivity index (χ0n) is 15.4. The van der Waals surface area contributed by atoms with E-state index in [1.807, 2.05) is 48.2 Å². The molecule has 2 atom stereocenters. The molecular formula is C19H27ClN4O2. The molecular weight excluding hydrogens is 352 g/mol. The molecule has 2 unspecified atom stereocenters. The van der Waals surface area contributed by atoms with Crippen LogP contribution in [0.1, 0.15) is 6.42 Å². The quantitative estimate of drug-likeness (QED) is 0.810. The van der Waals surface area contributed by atoms with Crippen molar-refractivity contribution in [3.05, 3.63) is 29.3 Å². The van der Waals surface area contributed by atoms with Gasteiger partial charge in [-0.3, -0.25) is 9.59 Å². The van der Waals surface area contributed by atoms with Crippen LogP contribution in [0.3, 0.4) is 0 Å². The van der Waals surface area contributed by atoms with Crippen molar-refractivity contribution in [2.75, 3.05) is 58.3 Å². The van der Waals surface area contributed by atoms with Gasteiger partial charge in [0.05, 0.1) is 11.8 Å². The van der Waals surface area contributed by atoms with Crippen molar-refractivity contribution in [3.63, 3.8) is 0 Å². The number of nitrogens with zero attached hydrogens (tertiary/aromatic N) is 3. The van der Waals surface area contributed by atoms with Gasteiger partial charge in [-0.25, -0.2) is 0 Å². The van der Waals surface area contributed by atoms with Gasteiger partial charge in [0.15, 0.2) is 0 Å². The first-order valence-electron chi connectivity index (χ1n) is 9.17. The van der Waals surface area contributed by atoms with E-state index >= 15 is 0 Å². The summed E-state index contributed by atoms with van der Waals surface area (Å²) in [5.41, 5.74) is 1.09. The molecule has 0 radical (unpaired) electrons. The minimum Gasteiger partial charge on any atom is -0.368 e. The summed E-state index contributed by atoms with van der Waals surface area (Å²) in [5.74, 6) is -0.131. The highest BCUT2D eigenvalue weighted by molar-refractivity contribution is 6.30. The van der Waals surface area contributed by atoms with Crippen LogP contribution in [-0.4, -0.2) is 75.0 Å². The van der Waals surface area contributed by atoms with Gasteiger partial charge >= 0.3 is 0 Å². The van der Waals surface area contributed by atoms with Gasteiger partial charge in [0.25, 0.3) is 0 Å². The molecule has 1 saturated carbocycles. The molecule has 0 spiro atoms. The Hall–Kier alpha value is -1.79. The van der Waals surface area contributed by atoms with Gasteiger partial charge in [-0.1, -0.05) is 17.7 Å². The molecule has 6 nitrogen and oxygen atoms in total. The van der Waals surface area contributed by atoms with Crippen molar-refractivity contribution >= 4 is 29.1 Å². The second-order valence-corrected chi connectivity index (χ2v) is 7.77. The highest BCUT2D eigenvalue weighted by atomic mass is 35.5.